The molecule has 0 saturated heterocycles. The third kappa shape index (κ3) is 4.00. The maximum absolute atomic E-state index is 13.2. The molecule has 2 rings (SSSR count). The van der Waals surface area contributed by atoms with Crippen molar-refractivity contribution >= 4 is 6.03 Å². The van der Waals surface area contributed by atoms with Crippen LogP contribution in [-0.4, -0.2) is 11.0 Å². The van der Waals surface area contributed by atoms with Gasteiger partial charge < -0.3 is 10.6 Å². The summed E-state index contributed by atoms with van der Waals surface area (Å²) < 4.78 is 26.1. The number of nitrogens with one attached hydrogen (secondary N) is 2. The minimum atomic E-state index is -0.933. The fourth-order valence-corrected chi connectivity index (χ4v) is 1.99. The Labute approximate surface area is 127 Å². The summed E-state index contributed by atoms with van der Waals surface area (Å²) in [6.07, 6.45) is 1.68. The number of aryl methyl sites for hydroxylation is 1. The average molecular weight is 305 g/mol. The Balaban J connectivity index is 1.91. The molecule has 0 aliphatic heterocycles. The minimum absolute atomic E-state index is 0.343. The molecule has 1 heterocycles. The zero-order valence-corrected chi connectivity index (χ0v) is 12.4. The molecule has 0 saturated carbocycles. The maximum Gasteiger partial charge on any atom is 0.315 e. The molecule has 0 bridgehead atoms. The monoisotopic (exact) mass is 305 g/mol. The van der Waals surface area contributed by atoms with E-state index in [0.29, 0.717) is 12.1 Å². The van der Waals surface area contributed by atoms with Gasteiger partial charge in [-0.05, 0) is 43.2 Å². The molecule has 1 aromatic heterocycles. The molecule has 1 unspecified atom stereocenters. The number of amides is 2. The van der Waals surface area contributed by atoms with Gasteiger partial charge in [-0.15, -0.1) is 0 Å². The van der Waals surface area contributed by atoms with E-state index in [1.807, 2.05) is 13.0 Å². The van der Waals surface area contributed by atoms with Gasteiger partial charge in [0.1, 0.15) is 0 Å². The molecule has 6 heteroatoms. The summed E-state index contributed by atoms with van der Waals surface area (Å²) in [5.41, 5.74) is 2.25. The number of carbonyl (C=O) groups is 1. The molecule has 2 N–H and O–H groups in total. The van der Waals surface area contributed by atoms with Crippen LogP contribution < -0.4 is 10.6 Å². The van der Waals surface area contributed by atoms with E-state index in [0.717, 1.165) is 23.4 Å². The van der Waals surface area contributed by atoms with Crippen molar-refractivity contribution in [1.29, 1.82) is 0 Å². The molecule has 2 amide bonds. The fraction of sp³-hybridized carbons (Fsp3) is 0.250. The number of hydrogen-bond acceptors (Lipinski definition) is 2. The molecule has 0 aliphatic rings. The molecule has 0 spiro atoms. The van der Waals surface area contributed by atoms with E-state index in [9.17, 15) is 13.6 Å². The van der Waals surface area contributed by atoms with E-state index < -0.39 is 17.7 Å². The second-order valence-corrected chi connectivity index (χ2v) is 4.97. The first-order valence-corrected chi connectivity index (χ1v) is 6.87. The highest BCUT2D eigenvalue weighted by Crippen LogP contribution is 2.15. The summed E-state index contributed by atoms with van der Waals surface area (Å²) in [7, 11) is 0. The van der Waals surface area contributed by atoms with Gasteiger partial charge in [-0.2, -0.15) is 0 Å². The third-order valence-corrected chi connectivity index (χ3v) is 3.35. The van der Waals surface area contributed by atoms with Crippen molar-refractivity contribution in [2.75, 3.05) is 0 Å². The van der Waals surface area contributed by atoms with E-state index in [4.69, 9.17) is 0 Å². The Hall–Kier alpha value is -2.50. The molecule has 0 radical (unpaired) electrons. The lowest BCUT2D eigenvalue weighted by Gasteiger charge is -2.15. The highest BCUT2D eigenvalue weighted by atomic mass is 19.2. The molecule has 4 nitrogen and oxygen atoms in total. The Kier molecular flexibility index (Phi) is 5.04. The maximum atomic E-state index is 13.2. The lowest BCUT2D eigenvalue weighted by atomic mass is 10.1. The second-order valence-electron chi connectivity index (χ2n) is 4.97. The van der Waals surface area contributed by atoms with Gasteiger partial charge >= 0.3 is 6.03 Å². The predicted molar refractivity (Wildman–Crippen MR) is 79.1 cm³/mol. The van der Waals surface area contributed by atoms with E-state index in [2.05, 4.69) is 15.6 Å². The Morgan fingerprint density at radius 2 is 2.05 bits per heavy atom. The first-order chi connectivity index (χ1) is 10.5. The molecule has 1 aromatic carbocycles. The van der Waals surface area contributed by atoms with Crippen molar-refractivity contribution in [1.82, 2.24) is 15.6 Å². The van der Waals surface area contributed by atoms with Gasteiger partial charge in [0, 0.05) is 18.4 Å². The molecular weight excluding hydrogens is 288 g/mol. The van der Waals surface area contributed by atoms with Crippen LogP contribution in [0.15, 0.2) is 36.5 Å². The zero-order chi connectivity index (χ0) is 16.1. The van der Waals surface area contributed by atoms with Gasteiger partial charge in [0.05, 0.1) is 6.04 Å². The third-order valence-electron chi connectivity index (χ3n) is 3.35. The van der Waals surface area contributed by atoms with Crippen LogP contribution >= 0.6 is 0 Å². The van der Waals surface area contributed by atoms with Crippen molar-refractivity contribution < 1.29 is 13.6 Å². The smallest absolute Gasteiger partial charge is 0.315 e. The van der Waals surface area contributed by atoms with E-state index in [1.54, 1.807) is 19.2 Å². The summed E-state index contributed by atoms with van der Waals surface area (Å²) in [4.78, 5) is 16.0. The number of carbonyl (C=O) groups excluding carboxylic acids is 1. The highest BCUT2D eigenvalue weighted by molar-refractivity contribution is 5.74. The standard InChI is InChI=1S/C16H17F2N3O/c1-10-13(4-3-7-19-10)9-20-16(22)21-11(2)12-5-6-14(17)15(18)8-12/h3-8,11H,9H2,1-2H3,(H2,20,21,22). The van der Waals surface area contributed by atoms with E-state index in [1.165, 1.54) is 6.07 Å². The quantitative estimate of drug-likeness (QED) is 0.911. The summed E-state index contributed by atoms with van der Waals surface area (Å²) in [5, 5.41) is 5.38. The van der Waals surface area contributed by atoms with Gasteiger partial charge in [0.25, 0.3) is 0 Å². The van der Waals surface area contributed by atoms with Crippen molar-refractivity contribution in [3.8, 4) is 0 Å². The Bertz CT molecular complexity index is 676. The van der Waals surface area contributed by atoms with Crippen LogP contribution in [0.25, 0.3) is 0 Å². The van der Waals surface area contributed by atoms with E-state index in [-0.39, 0.29) is 6.03 Å². The number of rotatable bonds is 4. The van der Waals surface area contributed by atoms with Crippen LogP contribution in [0, 0.1) is 18.6 Å². The fourth-order valence-electron chi connectivity index (χ4n) is 1.99. The van der Waals surface area contributed by atoms with Crippen LogP contribution in [0.1, 0.15) is 29.8 Å². The molecule has 0 fully saturated rings. The average Bonchev–Trinajstić information content (AvgIpc) is 2.49. The Morgan fingerprint density at radius 3 is 2.73 bits per heavy atom. The largest absolute Gasteiger partial charge is 0.334 e. The first kappa shape index (κ1) is 15.9. The molecule has 116 valence electrons. The summed E-state index contributed by atoms with van der Waals surface area (Å²) >= 11 is 0. The Morgan fingerprint density at radius 1 is 1.27 bits per heavy atom. The lowest BCUT2D eigenvalue weighted by molar-refractivity contribution is 0.237. The van der Waals surface area contributed by atoms with Gasteiger partial charge in [0.2, 0.25) is 0 Å². The van der Waals surface area contributed by atoms with Gasteiger partial charge in [-0.3, -0.25) is 4.98 Å². The minimum Gasteiger partial charge on any atom is -0.334 e. The van der Waals surface area contributed by atoms with Gasteiger partial charge in [0.15, 0.2) is 11.6 Å². The predicted octanol–water partition coefficient (Wildman–Crippen LogP) is 3.23. The summed E-state index contributed by atoms with van der Waals surface area (Å²) in [6.45, 7) is 3.90. The van der Waals surface area contributed by atoms with Crippen molar-refractivity contribution in [3.05, 3.63) is 65.0 Å². The van der Waals surface area contributed by atoms with Crippen LogP contribution in [0.2, 0.25) is 0 Å². The van der Waals surface area contributed by atoms with Crippen LogP contribution in [0.3, 0.4) is 0 Å². The van der Waals surface area contributed by atoms with Crippen molar-refractivity contribution in [3.63, 3.8) is 0 Å². The normalized spacial score (nSPS) is 11.8. The number of aromatic nitrogens is 1. The molecular formula is C16H17F2N3O. The number of pyridine rings is 1. The number of urea groups is 1. The van der Waals surface area contributed by atoms with Crippen LogP contribution in [0.4, 0.5) is 13.6 Å². The highest BCUT2D eigenvalue weighted by Gasteiger charge is 2.12. The van der Waals surface area contributed by atoms with Crippen molar-refractivity contribution in [2.24, 2.45) is 0 Å². The molecule has 2 aromatic rings. The number of hydrogen-bond donors (Lipinski definition) is 2. The molecule has 1 atom stereocenters. The molecule has 0 aliphatic carbocycles. The van der Waals surface area contributed by atoms with Gasteiger partial charge in [-0.1, -0.05) is 12.1 Å². The number of halogens is 2. The van der Waals surface area contributed by atoms with Crippen LogP contribution in [-0.2, 0) is 6.54 Å². The number of benzene rings is 1. The first-order valence-electron chi connectivity index (χ1n) is 6.87. The summed E-state index contributed by atoms with van der Waals surface area (Å²) in [5.74, 6) is -1.84. The van der Waals surface area contributed by atoms with Crippen LogP contribution in [0.5, 0.6) is 0 Å². The second kappa shape index (κ2) is 6.98. The SMILES string of the molecule is Cc1ncccc1CNC(=O)NC(C)c1ccc(F)c(F)c1. The molecule has 22 heavy (non-hydrogen) atoms. The number of nitrogens with zero attached hydrogens (tertiary/aromatic N) is 1. The lowest BCUT2D eigenvalue weighted by Crippen LogP contribution is -2.36. The van der Waals surface area contributed by atoms with Gasteiger partial charge in [-0.25, -0.2) is 13.6 Å². The van der Waals surface area contributed by atoms with E-state index >= 15 is 0 Å². The topological polar surface area (TPSA) is 54.0 Å². The zero-order valence-electron chi connectivity index (χ0n) is 12.4. The van der Waals surface area contributed by atoms with Crippen molar-refractivity contribution in [2.45, 2.75) is 26.4 Å². The summed E-state index contributed by atoms with van der Waals surface area (Å²) in [6, 6.07) is 6.40.